The van der Waals surface area contributed by atoms with E-state index >= 15 is 0 Å². The van der Waals surface area contributed by atoms with Crippen LogP contribution in [0.4, 0.5) is 5.88 Å². The van der Waals surface area contributed by atoms with Gasteiger partial charge < -0.3 is 14.3 Å². The zero-order chi connectivity index (χ0) is 21.0. The molecule has 0 radical (unpaired) electrons. The average molecular weight is 398 g/mol. The Morgan fingerprint density at radius 3 is 2.41 bits per heavy atom. The number of amides is 1. The molecule has 1 fully saturated rings. The minimum absolute atomic E-state index is 0.0407. The number of carbonyl (C=O) groups is 1. The van der Waals surface area contributed by atoms with Gasteiger partial charge in [-0.25, -0.2) is 0 Å². The predicted octanol–water partition coefficient (Wildman–Crippen LogP) is 5.36. The molecule has 5 heteroatoms. The monoisotopic (exact) mass is 397 g/mol. The molecule has 0 N–H and O–H groups in total. The molecule has 2 heterocycles. The minimum atomic E-state index is -0.0407. The Hall–Kier alpha value is -2.30. The highest BCUT2D eigenvalue weighted by Gasteiger charge is 2.29. The van der Waals surface area contributed by atoms with Crippen LogP contribution in [0.25, 0.3) is 11.3 Å². The molecule has 2 aromatic rings. The summed E-state index contributed by atoms with van der Waals surface area (Å²) in [4.78, 5) is 17.4. The fourth-order valence-corrected chi connectivity index (χ4v) is 3.89. The van der Waals surface area contributed by atoms with Crippen molar-refractivity contribution in [2.24, 2.45) is 11.3 Å². The normalized spacial score (nSPS) is 14.6. The van der Waals surface area contributed by atoms with E-state index in [1.807, 2.05) is 23.1 Å². The highest BCUT2D eigenvalue weighted by atomic mass is 16.5. The Bertz CT molecular complexity index is 799. The number of anilines is 1. The highest BCUT2D eigenvalue weighted by Crippen LogP contribution is 2.34. The van der Waals surface area contributed by atoms with Gasteiger partial charge in [-0.15, -0.1) is 0 Å². The van der Waals surface area contributed by atoms with Gasteiger partial charge in [-0.3, -0.25) is 4.79 Å². The molecule has 1 amide bonds. The van der Waals surface area contributed by atoms with E-state index in [0.29, 0.717) is 18.9 Å². The van der Waals surface area contributed by atoms with Crippen molar-refractivity contribution in [3.8, 4) is 11.3 Å². The zero-order valence-corrected chi connectivity index (χ0v) is 18.6. The van der Waals surface area contributed by atoms with Gasteiger partial charge in [0.05, 0.1) is 12.1 Å². The first-order valence-corrected chi connectivity index (χ1v) is 10.8. The zero-order valence-electron chi connectivity index (χ0n) is 18.6. The number of carbonyl (C=O) groups excluding carboxylic acids is 1. The lowest BCUT2D eigenvalue weighted by atomic mass is 9.91. The Labute approximate surface area is 175 Å². The van der Waals surface area contributed by atoms with E-state index in [0.717, 1.165) is 42.3 Å². The van der Waals surface area contributed by atoms with E-state index in [1.54, 1.807) is 0 Å². The Kier molecular flexibility index (Phi) is 6.66. The van der Waals surface area contributed by atoms with Crippen LogP contribution in [0.15, 0.2) is 34.9 Å². The number of benzene rings is 1. The third-order valence-electron chi connectivity index (χ3n) is 5.18. The highest BCUT2D eigenvalue weighted by molar-refractivity contribution is 5.78. The largest absolute Gasteiger partial charge is 0.340 e. The summed E-state index contributed by atoms with van der Waals surface area (Å²) in [5.74, 6) is 1.42. The van der Waals surface area contributed by atoms with Crippen molar-refractivity contribution in [3.63, 3.8) is 0 Å². The standard InChI is InChI=1S/C24H35N3O2/c1-18(2)16-27(21(28)15-24(3,4)5)17-20-22(19-11-7-6-8-12-19)25-29-23(20)26-13-9-10-14-26/h6-8,11-12,18H,9-10,13-17H2,1-5H3. The van der Waals surface area contributed by atoms with Gasteiger partial charge in [0, 0.05) is 31.6 Å². The smallest absolute Gasteiger partial charge is 0.232 e. The second-order valence-corrected chi connectivity index (χ2v) is 9.78. The Balaban J connectivity index is 1.96. The van der Waals surface area contributed by atoms with Gasteiger partial charge in [-0.2, -0.15) is 0 Å². The molecule has 0 atom stereocenters. The predicted molar refractivity (Wildman–Crippen MR) is 118 cm³/mol. The molecule has 0 unspecified atom stereocenters. The fourth-order valence-electron chi connectivity index (χ4n) is 3.89. The molecule has 1 aromatic carbocycles. The lowest BCUT2D eigenvalue weighted by Gasteiger charge is -2.29. The molecule has 1 aliphatic rings. The second-order valence-electron chi connectivity index (χ2n) is 9.78. The summed E-state index contributed by atoms with van der Waals surface area (Å²) in [5, 5.41) is 4.44. The fraction of sp³-hybridized carbons (Fsp3) is 0.583. The topological polar surface area (TPSA) is 49.6 Å². The summed E-state index contributed by atoms with van der Waals surface area (Å²) in [5.41, 5.74) is 2.87. The van der Waals surface area contributed by atoms with Crippen LogP contribution in [0.5, 0.6) is 0 Å². The molecule has 1 saturated heterocycles. The lowest BCUT2D eigenvalue weighted by Crippen LogP contribution is -2.36. The molecular formula is C24H35N3O2. The third kappa shape index (κ3) is 5.62. The number of nitrogens with zero attached hydrogens (tertiary/aromatic N) is 3. The van der Waals surface area contributed by atoms with Gasteiger partial charge in [0.15, 0.2) is 0 Å². The molecular weight excluding hydrogens is 362 g/mol. The Morgan fingerprint density at radius 2 is 1.83 bits per heavy atom. The van der Waals surface area contributed by atoms with Crippen LogP contribution in [-0.4, -0.2) is 35.6 Å². The van der Waals surface area contributed by atoms with Crippen molar-refractivity contribution in [2.75, 3.05) is 24.5 Å². The van der Waals surface area contributed by atoms with Gasteiger partial charge in [0.1, 0.15) is 5.69 Å². The van der Waals surface area contributed by atoms with Crippen LogP contribution < -0.4 is 4.90 Å². The van der Waals surface area contributed by atoms with E-state index in [9.17, 15) is 4.79 Å². The summed E-state index contributed by atoms with van der Waals surface area (Å²) in [6, 6.07) is 10.1. The minimum Gasteiger partial charge on any atom is -0.340 e. The summed E-state index contributed by atoms with van der Waals surface area (Å²) in [7, 11) is 0. The molecule has 0 bridgehead atoms. The number of rotatable bonds is 7. The molecule has 1 aliphatic heterocycles. The molecule has 29 heavy (non-hydrogen) atoms. The Morgan fingerprint density at radius 1 is 1.17 bits per heavy atom. The van der Waals surface area contributed by atoms with E-state index < -0.39 is 0 Å². The number of aromatic nitrogens is 1. The maximum absolute atomic E-state index is 13.2. The maximum Gasteiger partial charge on any atom is 0.232 e. The molecule has 158 valence electrons. The summed E-state index contributed by atoms with van der Waals surface area (Å²) < 4.78 is 5.86. The quantitative estimate of drug-likeness (QED) is 0.631. The van der Waals surface area contributed by atoms with Crippen LogP contribution in [0.3, 0.4) is 0 Å². The first-order chi connectivity index (χ1) is 13.7. The van der Waals surface area contributed by atoms with Crippen molar-refractivity contribution < 1.29 is 9.32 Å². The molecule has 1 aromatic heterocycles. The molecule has 5 nitrogen and oxygen atoms in total. The van der Waals surface area contributed by atoms with Crippen LogP contribution in [-0.2, 0) is 11.3 Å². The molecule has 3 rings (SSSR count). The van der Waals surface area contributed by atoms with Crippen molar-refractivity contribution in [1.82, 2.24) is 10.1 Å². The average Bonchev–Trinajstić information content (AvgIpc) is 3.29. The SMILES string of the molecule is CC(C)CN(Cc1c(-c2ccccc2)noc1N1CCCC1)C(=O)CC(C)(C)C. The van der Waals surface area contributed by atoms with E-state index in [4.69, 9.17) is 4.52 Å². The molecule has 0 aliphatic carbocycles. The van der Waals surface area contributed by atoms with Crippen molar-refractivity contribution in [3.05, 3.63) is 35.9 Å². The number of hydrogen-bond acceptors (Lipinski definition) is 4. The van der Waals surface area contributed by atoms with E-state index in [2.05, 4.69) is 56.8 Å². The van der Waals surface area contributed by atoms with Gasteiger partial charge in [0.2, 0.25) is 11.8 Å². The first kappa shape index (κ1) is 21.4. The van der Waals surface area contributed by atoms with Gasteiger partial charge in [-0.1, -0.05) is 70.1 Å². The van der Waals surface area contributed by atoms with Crippen LogP contribution in [0.1, 0.15) is 59.4 Å². The molecule has 0 spiro atoms. The first-order valence-electron chi connectivity index (χ1n) is 10.8. The maximum atomic E-state index is 13.2. The van der Waals surface area contributed by atoms with E-state index in [1.165, 1.54) is 12.8 Å². The van der Waals surface area contributed by atoms with Crippen LogP contribution in [0, 0.1) is 11.3 Å². The van der Waals surface area contributed by atoms with Crippen LogP contribution >= 0.6 is 0 Å². The number of hydrogen-bond donors (Lipinski definition) is 0. The second kappa shape index (κ2) is 9.02. The molecule has 0 saturated carbocycles. The summed E-state index contributed by atoms with van der Waals surface area (Å²) >= 11 is 0. The lowest BCUT2D eigenvalue weighted by molar-refractivity contribution is -0.134. The van der Waals surface area contributed by atoms with Gasteiger partial charge in [0.25, 0.3) is 0 Å². The van der Waals surface area contributed by atoms with Crippen LogP contribution in [0.2, 0.25) is 0 Å². The third-order valence-corrected chi connectivity index (χ3v) is 5.18. The summed E-state index contributed by atoms with van der Waals surface area (Å²) in [6.45, 7) is 13.9. The van der Waals surface area contributed by atoms with Gasteiger partial charge in [-0.05, 0) is 24.2 Å². The summed E-state index contributed by atoms with van der Waals surface area (Å²) in [6.07, 6.45) is 2.86. The van der Waals surface area contributed by atoms with Crippen molar-refractivity contribution in [2.45, 2.75) is 60.4 Å². The van der Waals surface area contributed by atoms with Crippen molar-refractivity contribution in [1.29, 1.82) is 0 Å². The van der Waals surface area contributed by atoms with Crippen molar-refractivity contribution >= 4 is 11.8 Å². The van der Waals surface area contributed by atoms with Gasteiger partial charge >= 0.3 is 0 Å². The van der Waals surface area contributed by atoms with E-state index in [-0.39, 0.29) is 11.3 Å².